The molecule has 1 rings (SSSR count). The van der Waals surface area contributed by atoms with Crippen LogP contribution < -0.4 is 11.5 Å². The predicted octanol–water partition coefficient (Wildman–Crippen LogP) is 2.12. The Kier molecular flexibility index (Phi) is 4.90. The van der Waals surface area contributed by atoms with Crippen molar-refractivity contribution in [2.45, 2.75) is 52.0 Å². The van der Waals surface area contributed by atoms with Gasteiger partial charge in [0, 0.05) is 6.04 Å². The first-order chi connectivity index (χ1) is 6.65. The van der Waals surface area contributed by atoms with Gasteiger partial charge in [0.1, 0.15) is 0 Å². The minimum atomic E-state index is 0.329. The van der Waals surface area contributed by atoms with Crippen LogP contribution in [0.4, 0.5) is 0 Å². The van der Waals surface area contributed by atoms with E-state index in [2.05, 4.69) is 13.8 Å². The van der Waals surface area contributed by atoms with Crippen LogP contribution in [0.2, 0.25) is 0 Å². The van der Waals surface area contributed by atoms with Crippen LogP contribution in [0.25, 0.3) is 0 Å². The van der Waals surface area contributed by atoms with Gasteiger partial charge in [0.2, 0.25) is 0 Å². The Morgan fingerprint density at radius 2 is 1.71 bits per heavy atom. The Labute approximate surface area is 88.4 Å². The van der Waals surface area contributed by atoms with Gasteiger partial charge in [0.25, 0.3) is 0 Å². The van der Waals surface area contributed by atoms with Gasteiger partial charge in [-0.05, 0) is 44.1 Å². The molecule has 0 aromatic carbocycles. The van der Waals surface area contributed by atoms with Gasteiger partial charge in [-0.25, -0.2) is 0 Å². The van der Waals surface area contributed by atoms with E-state index in [4.69, 9.17) is 11.5 Å². The molecule has 0 heterocycles. The van der Waals surface area contributed by atoms with Gasteiger partial charge >= 0.3 is 0 Å². The van der Waals surface area contributed by atoms with Gasteiger partial charge in [0.05, 0.1) is 0 Å². The zero-order valence-electron chi connectivity index (χ0n) is 9.71. The molecular weight excluding hydrogens is 172 g/mol. The van der Waals surface area contributed by atoms with Gasteiger partial charge in [-0.3, -0.25) is 0 Å². The van der Waals surface area contributed by atoms with Crippen LogP contribution in [0.5, 0.6) is 0 Å². The maximum absolute atomic E-state index is 5.91. The third-order valence-corrected chi connectivity index (χ3v) is 3.94. The van der Waals surface area contributed by atoms with E-state index in [1.54, 1.807) is 0 Å². The molecule has 4 unspecified atom stereocenters. The summed E-state index contributed by atoms with van der Waals surface area (Å²) in [6, 6.07) is 0.329. The largest absolute Gasteiger partial charge is 0.330 e. The molecule has 1 aliphatic rings. The van der Waals surface area contributed by atoms with E-state index in [9.17, 15) is 0 Å². The summed E-state index contributed by atoms with van der Waals surface area (Å²) >= 11 is 0. The van der Waals surface area contributed by atoms with Crippen molar-refractivity contribution >= 4 is 0 Å². The van der Waals surface area contributed by atoms with Crippen molar-refractivity contribution in [3.63, 3.8) is 0 Å². The van der Waals surface area contributed by atoms with E-state index in [0.717, 1.165) is 18.4 Å². The lowest BCUT2D eigenvalue weighted by Crippen LogP contribution is -2.32. The molecule has 14 heavy (non-hydrogen) atoms. The lowest BCUT2D eigenvalue weighted by molar-refractivity contribution is 0.198. The first-order valence-corrected chi connectivity index (χ1v) is 6.10. The number of nitrogens with two attached hydrogens (primary N) is 2. The molecule has 2 nitrogen and oxygen atoms in total. The molecule has 1 saturated carbocycles. The summed E-state index contributed by atoms with van der Waals surface area (Å²) in [5.41, 5.74) is 11.7. The molecular formula is C12H26N2. The smallest absolute Gasteiger partial charge is 0.00362 e. The van der Waals surface area contributed by atoms with Crippen molar-refractivity contribution in [2.24, 2.45) is 29.2 Å². The zero-order valence-corrected chi connectivity index (χ0v) is 9.71. The first-order valence-electron chi connectivity index (χ1n) is 6.10. The number of hydrogen-bond donors (Lipinski definition) is 2. The second-order valence-corrected chi connectivity index (χ2v) is 5.11. The molecule has 0 aromatic heterocycles. The zero-order chi connectivity index (χ0) is 10.6. The molecule has 4 N–H and O–H groups in total. The van der Waals surface area contributed by atoms with Gasteiger partial charge < -0.3 is 11.5 Å². The van der Waals surface area contributed by atoms with Crippen molar-refractivity contribution in [1.82, 2.24) is 0 Å². The van der Waals surface area contributed by atoms with Crippen LogP contribution in [0.15, 0.2) is 0 Å². The minimum Gasteiger partial charge on any atom is -0.330 e. The van der Waals surface area contributed by atoms with Crippen molar-refractivity contribution in [3.8, 4) is 0 Å². The van der Waals surface area contributed by atoms with Gasteiger partial charge in [-0.1, -0.05) is 26.2 Å². The van der Waals surface area contributed by atoms with E-state index in [-0.39, 0.29) is 0 Å². The lowest BCUT2D eigenvalue weighted by atomic mass is 9.74. The van der Waals surface area contributed by atoms with Crippen molar-refractivity contribution in [3.05, 3.63) is 0 Å². The monoisotopic (exact) mass is 198 g/mol. The Morgan fingerprint density at radius 3 is 2.21 bits per heavy atom. The third-order valence-electron chi connectivity index (χ3n) is 3.94. The minimum absolute atomic E-state index is 0.329. The predicted molar refractivity (Wildman–Crippen MR) is 61.9 cm³/mol. The highest BCUT2D eigenvalue weighted by Gasteiger charge is 2.26. The highest BCUT2D eigenvalue weighted by Crippen LogP contribution is 2.34. The van der Waals surface area contributed by atoms with E-state index in [1.165, 1.54) is 32.1 Å². The molecule has 84 valence electrons. The second-order valence-electron chi connectivity index (χ2n) is 5.11. The summed E-state index contributed by atoms with van der Waals surface area (Å²) in [5, 5.41) is 0. The number of hydrogen-bond acceptors (Lipinski definition) is 2. The van der Waals surface area contributed by atoms with Crippen LogP contribution in [0.3, 0.4) is 0 Å². The van der Waals surface area contributed by atoms with Gasteiger partial charge in [-0.15, -0.1) is 0 Å². The quantitative estimate of drug-likeness (QED) is 0.727. The highest BCUT2D eigenvalue weighted by molar-refractivity contribution is 4.79. The molecule has 0 saturated heterocycles. The molecule has 1 aliphatic carbocycles. The maximum Gasteiger partial charge on any atom is 0.00362 e. The van der Waals surface area contributed by atoms with Crippen molar-refractivity contribution in [2.75, 3.05) is 6.54 Å². The Hall–Kier alpha value is -0.0800. The fourth-order valence-electron chi connectivity index (χ4n) is 2.60. The molecule has 0 spiro atoms. The van der Waals surface area contributed by atoms with E-state index >= 15 is 0 Å². The molecule has 4 atom stereocenters. The van der Waals surface area contributed by atoms with Crippen LogP contribution in [0, 0.1) is 17.8 Å². The molecule has 0 aromatic rings. The Balaban J connectivity index is 2.40. The fourth-order valence-corrected chi connectivity index (χ4v) is 2.60. The molecule has 0 bridgehead atoms. The third kappa shape index (κ3) is 3.25. The van der Waals surface area contributed by atoms with Crippen LogP contribution in [0.1, 0.15) is 46.0 Å². The van der Waals surface area contributed by atoms with Gasteiger partial charge in [-0.2, -0.15) is 0 Å². The average Bonchev–Trinajstić information content (AvgIpc) is 2.18. The Morgan fingerprint density at radius 1 is 1.14 bits per heavy atom. The summed E-state index contributed by atoms with van der Waals surface area (Å²) in [5.74, 6) is 2.26. The standard InChI is InChI=1S/C12H26N2/c1-9(10(2)14)7-11-5-3-4-6-12(11)8-13/h9-12H,3-8,13-14H2,1-2H3. The van der Waals surface area contributed by atoms with E-state index < -0.39 is 0 Å². The second kappa shape index (κ2) is 5.72. The topological polar surface area (TPSA) is 52.0 Å². The molecule has 0 aliphatic heterocycles. The van der Waals surface area contributed by atoms with E-state index in [1.807, 2.05) is 0 Å². The fraction of sp³-hybridized carbons (Fsp3) is 1.00. The van der Waals surface area contributed by atoms with E-state index in [0.29, 0.717) is 12.0 Å². The maximum atomic E-state index is 5.91. The Bertz CT molecular complexity index is 156. The van der Waals surface area contributed by atoms with Crippen molar-refractivity contribution < 1.29 is 0 Å². The number of rotatable bonds is 4. The van der Waals surface area contributed by atoms with Crippen LogP contribution >= 0.6 is 0 Å². The summed E-state index contributed by atoms with van der Waals surface area (Å²) in [7, 11) is 0. The average molecular weight is 198 g/mol. The molecule has 2 heteroatoms. The highest BCUT2D eigenvalue weighted by atomic mass is 14.6. The summed E-state index contributed by atoms with van der Waals surface area (Å²) in [6.45, 7) is 5.26. The SMILES string of the molecule is CC(N)C(C)CC1CCCCC1CN. The van der Waals surface area contributed by atoms with Crippen LogP contribution in [-0.2, 0) is 0 Å². The summed E-state index contributed by atoms with van der Waals surface area (Å²) in [4.78, 5) is 0. The normalized spacial score (nSPS) is 32.6. The molecule has 0 radical (unpaired) electrons. The van der Waals surface area contributed by atoms with Gasteiger partial charge in [0.15, 0.2) is 0 Å². The van der Waals surface area contributed by atoms with Crippen molar-refractivity contribution in [1.29, 1.82) is 0 Å². The summed E-state index contributed by atoms with van der Waals surface area (Å²) < 4.78 is 0. The summed E-state index contributed by atoms with van der Waals surface area (Å²) in [6.07, 6.45) is 6.77. The van der Waals surface area contributed by atoms with Crippen LogP contribution in [-0.4, -0.2) is 12.6 Å². The molecule has 0 amide bonds. The molecule has 1 fully saturated rings. The lowest BCUT2D eigenvalue weighted by Gasteiger charge is -2.33. The first kappa shape index (κ1) is 12.0.